The SMILES string of the molecule is O=C(/C=C/c1ccc([N+](=O)[O-])cc1)NC1CCC(Oc2ncc(Cl)cn2)CC1. The summed E-state index contributed by atoms with van der Waals surface area (Å²) in [6, 6.07) is 6.40. The normalized spacial score (nSPS) is 19.3. The molecule has 28 heavy (non-hydrogen) atoms. The number of aromatic nitrogens is 2. The molecule has 1 N–H and O–H groups in total. The molecule has 1 aliphatic carbocycles. The molecule has 0 unspecified atom stereocenters. The number of non-ortho nitro benzene ring substituents is 1. The van der Waals surface area contributed by atoms with E-state index in [4.69, 9.17) is 16.3 Å². The second-order valence-electron chi connectivity index (χ2n) is 6.47. The highest BCUT2D eigenvalue weighted by atomic mass is 35.5. The Balaban J connectivity index is 1.43. The Morgan fingerprint density at radius 2 is 1.82 bits per heavy atom. The number of rotatable bonds is 6. The second-order valence-corrected chi connectivity index (χ2v) is 6.90. The first-order valence-corrected chi connectivity index (χ1v) is 9.24. The predicted octanol–water partition coefficient (Wildman–Crippen LogP) is 3.56. The number of carbonyl (C=O) groups excluding carboxylic acids is 1. The Hall–Kier alpha value is -3.00. The molecule has 1 aliphatic rings. The number of nitrogens with one attached hydrogen (secondary N) is 1. The van der Waals surface area contributed by atoms with E-state index in [0.29, 0.717) is 11.0 Å². The van der Waals surface area contributed by atoms with Gasteiger partial charge in [0.1, 0.15) is 6.10 Å². The van der Waals surface area contributed by atoms with Crippen LogP contribution in [-0.4, -0.2) is 32.9 Å². The van der Waals surface area contributed by atoms with Gasteiger partial charge in [-0.2, -0.15) is 0 Å². The van der Waals surface area contributed by atoms with Gasteiger partial charge in [-0.1, -0.05) is 11.6 Å². The van der Waals surface area contributed by atoms with Crippen LogP contribution in [0.25, 0.3) is 6.08 Å². The van der Waals surface area contributed by atoms with Gasteiger partial charge in [-0.3, -0.25) is 14.9 Å². The zero-order chi connectivity index (χ0) is 19.9. The van der Waals surface area contributed by atoms with Crippen molar-refractivity contribution in [1.29, 1.82) is 0 Å². The molecule has 1 aromatic carbocycles. The molecular weight excluding hydrogens is 384 g/mol. The van der Waals surface area contributed by atoms with Gasteiger partial charge in [-0.25, -0.2) is 9.97 Å². The van der Waals surface area contributed by atoms with Crippen molar-refractivity contribution in [3.05, 3.63) is 63.4 Å². The summed E-state index contributed by atoms with van der Waals surface area (Å²) in [5, 5.41) is 14.1. The number of hydrogen-bond donors (Lipinski definition) is 1. The molecule has 3 rings (SSSR count). The molecule has 1 saturated carbocycles. The van der Waals surface area contributed by atoms with Crippen LogP contribution in [0.3, 0.4) is 0 Å². The molecule has 1 heterocycles. The molecule has 0 atom stereocenters. The highest BCUT2D eigenvalue weighted by Crippen LogP contribution is 2.22. The van der Waals surface area contributed by atoms with Crippen molar-refractivity contribution in [1.82, 2.24) is 15.3 Å². The Morgan fingerprint density at radius 3 is 2.43 bits per heavy atom. The molecule has 0 radical (unpaired) electrons. The first kappa shape index (κ1) is 19.8. The summed E-state index contributed by atoms with van der Waals surface area (Å²) in [6.45, 7) is 0. The largest absolute Gasteiger partial charge is 0.460 e. The van der Waals surface area contributed by atoms with E-state index in [-0.39, 0.29) is 23.7 Å². The summed E-state index contributed by atoms with van der Waals surface area (Å²) < 4.78 is 5.74. The van der Waals surface area contributed by atoms with Crippen molar-refractivity contribution < 1.29 is 14.5 Å². The number of amides is 1. The number of benzene rings is 1. The minimum atomic E-state index is -0.459. The molecule has 2 aromatic rings. The Kier molecular flexibility index (Phi) is 6.54. The molecule has 0 aliphatic heterocycles. The lowest BCUT2D eigenvalue weighted by Crippen LogP contribution is -2.39. The van der Waals surface area contributed by atoms with E-state index >= 15 is 0 Å². The lowest BCUT2D eigenvalue weighted by Gasteiger charge is -2.28. The Morgan fingerprint density at radius 1 is 1.18 bits per heavy atom. The number of nitro groups is 1. The molecule has 1 fully saturated rings. The number of halogens is 1. The van der Waals surface area contributed by atoms with Crippen LogP contribution in [0.1, 0.15) is 31.2 Å². The average molecular weight is 403 g/mol. The number of carbonyl (C=O) groups is 1. The van der Waals surface area contributed by atoms with Crippen LogP contribution in [-0.2, 0) is 4.79 Å². The van der Waals surface area contributed by atoms with Gasteiger partial charge in [0.25, 0.3) is 5.69 Å². The number of nitro benzene ring substituents is 1. The molecule has 9 heteroatoms. The monoisotopic (exact) mass is 402 g/mol. The van der Waals surface area contributed by atoms with E-state index in [1.165, 1.54) is 30.6 Å². The summed E-state index contributed by atoms with van der Waals surface area (Å²) in [5.74, 6) is -0.191. The fraction of sp³-hybridized carbons (Fsp3) is 0.316. The fourth-order valence-corrected chi connectivity index (χ4v) is 3.06. The maximum atomic E-state index is 12.1. The number of nitrogens with zero attached hydrogens (tertiary/aromatic N) is 3. The van der Waals surface area contributed by atoms with Gasteiger partial charge in [0, 0.05) is 24.3 Å². The lowest BCUT2D eigenvalue weighted by molar-refractivity contribution is -0.384. The summed E-state index contributed by atoms with van der Waals surface area (Å²) in [5.41, 5.74) is 0.741. The van der Waals surface area contributed by atoms with Gasteiger partial charge < -0.3 is 10.1 Å². The molecule has 1 amide bonds. The average Bonchev–Trinajstić information content (AvgIpc) is 2.70. The molecule has 0 bridgehead atoms. The van der Waals surface area contributed by atoms with Gasteiger partial charge in [0.15, 0.2) is 0 Å². The first-order valence-electron chi connectivity index (χ1n) is 8.87. The van der Waals surface area contributed by atoms with Crippen molar-refractivity contribution in [3.63, 3.8) is 0 Å². The third kappa shape index (κ3) is 5.75. The smallest absolute Gasteiger partial charge is 0.316 e. The third-order valence-electron chi connectivity index (χ3n) is 4.42. The van der Waals surface area contributed by atoms with Gasteiger partial charge in [0.05, 0.1) is 22.3 Å². The van der Waals surface area contributed by atoms with Crippen LogP contribution >= 0.6 is 11.6 Å². The van der Waals surface area contributed by atoms with Crippen molar-refractivity contribution in [2.45, 2.75) is 37.8 Å². The van der Waals surface area contributed by atoms with E-state index in [2.05, 4.69) is 15.3 Å². The molecular formula is C19H19ClN4O4. The standard InChI is InChI=1S/C19H19ClN4O4/c20-14-11-21-19(22-12-14)28-17-8-4-15(5-9-17)23-18(25)10-3-13-1-6-16(7-2-13)24(26)27/h1-3,6-7,10-12,15,17H,4-5,8-9H2,(H,23,25)/b10-3+. The summed E-state index contributed by atoms with van der Waals surface area (Å²) in [4.78, 5) is 30.3. The lowest BCUT2D eigenvalue weighted by atomic mass is 9.93. The van der Waals surface area contributed by atoms with E-state index in [9.17, 15) is 14.9 Å². The van der Waals surface area contributed by atoms with Crippen LogP contribution < -0.4 is 10.1 Å². The van der Waals surface area contributed by atoms with E-state index in [0.717, 1.165) is 31.2 Å². The Labute approximate surface area is 166 Å². The summed E-state index contributed by atoms with van der Waals surface area (Å²) in [6.07, 6.45) is 9.26. The zero-order valence-corrected chi connectivity index (χ0v) is 15.7. The summed E-state index contributed by atoms with van der Waals surface area (Å²) in [7, 11) is 0. The topological polar surface area (TPSA) is 107 Å². The molecule has 8 nitrogen and oxygen atoms in total. The van der Waals surface area contributed by atoms with Crippen LogP contribution in [0, 0.1) is 10.1 Å². The molecule has 0 saturated heterocycles. The van der Waals surface area contributed by atoms with Crippen LogP contribution in [0.4, 0.5) is 5.69 Å². The minimum Gasteiger partial charge on any atom is -0.460 e. The predicted molar refractivity (Wildman–Crippen MR) is 104 cm³/mol. The van der Waals surface area contributed by atoms with Crippen molar-refractivity contribution in [2.24, 2.45) is 0 Å². The highest BCUT2D eigenvalue weighted by molar-refractivity contribution is 6.30. The summed E-state index contributed by atoms with van der Waals surface area (Å²) >= 11 is 5.75. The quantitative estimate of drug-likeness (QED) is 0.449. The van der Waals surface area contributed by atoms with Gasteiger partial charge >= 0.3 is 6.01 Å². The minimum absolute atomic E-state index is 0.0181. The first-order chi connectivity index (χ1) is 13.5. The van der Waals surface area contributed by atoms with Gasteiger partial charge in [-0.05, 0) is 49.5 Å². The van der Waals surface area contributed by atoms with Gasteiger partial charge in [-0.15, -0.1) is 0 Å². The maximum absolute atomic E-state index is 12.1. The van der Waals surface area contributed by atoms with Crippen molar-refractivity contribution in [3.8, 4) is 6.01 Å². The van der Waals surface area contributed by atoms with Crippen molar-refractivity contribution >= 4 is 29.3 Å². The van der Waals surface area contributed by atoms with Crippen molar-refractivity contribution in [2.75, 3.05) is 0 Å². The maximum Gasteiger partial charge on any atom is 0.316 e. The van der Waals surface area contributed by atoms with E-state index < -0.39 is 4.92 Å². The molecule has 0 spiro atoms. The van der Waals surface area contributed by atoms with E-state index in [1.807, 2.05) is 0 Å². The third-order valence-corrected chi connectivity index (χ3v) is 4.62. The van der Waals surface area contributed by atoms with Crippen LogP contribution in [0.2, 0.25) is 5.02 Å². The second kappa shape index (κ2) is 9.27. The van der Waals surface area contributed by atoms with Gasteiger partial charge in [0.2, 0.25) is 5.91 Å². The number of hydrogen-bond acceptors (Lipinski definition) is 6. The van der Waals surface area contributed by atoms with Crippen LogP contribution in [0.15, 0.2) is 42.7 Å². The van der Waals surface area contributed by atoms with Crippen LogP contribution in [0.5, 0.6) is 6.01 Å². The molecule has 146 valence electrons. The van der Waals surface area contributed by atoms with E-state index in [1.54, 1.807) is 18.2 Å². The Bertz CT molecular complexity index is 847. The molecule has 1 aromatic heterocycles. The highest BCUT2D eigenvalue weighted by Gasteiger charge is 2.23. The number of ether oxygens (including phenoxy) is 1. The zero-order valence-electron chi connectivity index (χ0n) is 15.0. The fourth-order valence-electron chi connectivity index (χ4n) is 2.96.